The van der Waals surface area contributed by atoms with Crippen LogP contribution in [0.3, 0.4) is 0 Å². The lowest BCUT2D eigenvalue weighted by Gasteiger charge is -2.32. The minimum Gasteiger partial charge on any atom is -0.483 e. The maximum absolute atomic E-state index is 12.2. The summed E-state index contributed by atoms with van der Waals surface area (Å²) >= 11 is 0. The van der Waals surface area contributed by atoms with Crippen LogP contribution in [-0.2, 0) is 0 Å². The molecule has 1 aromatic carbocycles. The van der Waals surface area contributed by atoms with Gasteiger partial charge in [0.1, 0.15) is 17.1 Å². The molecule has 1 N–H and O–H groups in total. The topological polar surface area (TPSA) is 38.7 Å². The molecule has 1 aromatic rings. The van der Waals surface area contributed by atoms with Gasteiger partial charge in [0.2, 0.25) is 0 Å². The zero-order valence-electron chi connectivity index (χ0n) is 11.3. The molecule has 0 amide bonds. The van der Waals surface area contributed by atoms with Crippen molar-refractivity contribution < 1.29 is 27.8 Å². The van der Waals surface area contributed by atoms with Crippen molar-refractivity contribution in [1.29, 1.82) is 0 Å². The summed E-state index contributed by atoms with van der Waals surface area (Å²) in [5.41, 5.74) is 0.288. The molecule has 6 heteroatoms. The summed E-state index contributed by atoms with van der Waals surface area (Å²) in [4.78, 5) is 0. The smallest absolute Gasteiger partial charge is 0.483 e. The third kappa shape index (κ3) is 3.25. The predicted octanol–water partition coefficient (Wildman–Crippen LogP) is 3.52. The van der Waals surface area contributed by atoms with Crippen molar-refractivity contribution in [2.45, 2.75) is 38.8 Å². The third-order valence-corrected chi connectivity index (χ3v) is 2.82. The second kappa shape index (κ2) is 4.70. The molecule has 0 aliphatic carbocycles. The van der Waals surface area contributed by atoms with Crippen LogP contribution in [0.15, 0.2) is 24.3 Å². The van der Waals surface area contributed by atoms with Gasteiger partial charge in [0.15, 0.2) is 0 Å². The molecule has 1 heterocycles. The van der Waals surface area contributed by atoms with Crippen LogP contribution in [0.1, 0.15) is 26.3 Å². The van der Waals surface area contributed by atoms with E-state index in [0.717, 1.165) is 0 Å². The normalized spacial score (nSPS) is 18.6. The quantitative estimate of drug-likeness (QED) is 0.905. The summed E-state index contributed by atoms with van der Waals surface area (Å²) < 4.78 is 46.2. The van der Waals surface area contributed by atoms with Gasteiger partial charge in [-0.1, -0.05) is 0 Å². The minimum atomic E-state index is -4.75. The molecule has 0 bridgehead atoms. The lowest BCUT2D eigenvalue weighted by Crippen LogP contribution is -2.30. The summed E-state index contributed by atoms with van der Waals surface area (Å²) in [6.07, 6.45) is -3.88. The van der Waals surface area contributed by atoms with Gasteiger partial charge in [-0.15, -0.1) is 13.2 Å². The average molecular weight is 288 g/mol. The number of alkyl halides is 3. The van der Waals surface area contributed by atoms with Crippen LogP contribution in [0.2, 0.25) is 0 Å². The van der Waals surface area contributed by atoms with Crippen LogP contribution in [0.25, 0.3) is 5.57 Å². The predicted molar refractivity (Wildman–Crippen MR) is 67.5 cm³/mol. The highest BCUT2D eigenvalue weighted by Crippen LogP contribution is 2.40. The van der Waals surface area contributed by atoms with E-state index in [1.54, 1.807) is 26.8 Å². The van der Waals surface area contributed by atoms with Crippen molar-refractivity contribution in [1.82, 2.24) is 0 Å². The monoisotopic (exact) mass is 288 g/mol. The van der Waals surface area contributed by atoms with Crippen LogP contribution < -0.4 is 9.47 Å². The van der Waals surface area contributed by atoms with Crippen molar-refractivity contribution >= 4 is 5.57 Å². The van der Waals surface area contributed by atoms with E-state index < -0.39 is 18.1 Å². The number of fused-ring (bicyclic) bond motifs is 1. The maximum atomic E-state index is 12.2. The first-order valence-electron chi connectivity index (χ1n) is 6.07. The largest absolute Gasteiger partial charge is 0.573 e. The molecule has 1 atom stereocenters. The molecule has 1 unspecified atom stereocenters. The number of aliphatic hydroxyl groups is 1. The van der Waals surface area contributed by atoms with Gasteiger partial charge in [0.25, 0.3) is 0 Å². The van der Waals surface area contributed by atoms with E-state index in [-0.39, 0.29) is 5.75 Å². The van der Waals surface area contributed by atoms with Crippen LogP contribution >= 0.6 is 0 Å². The summed E-state index contributed by atoms with van der Waals surface area (Å²) in [5.74, 6) is 0.0778. The molecule has 110 valence electrons. The molecule has 0 saturated carbocycles. The Kier molecular flexibility index (Phi) is 3.46. The first-order valence-corrected chi connectivity index (χ1v) is 6.07. The molecular formula is C14H15F3O3. The highest BCUT2D eigenvalue weighted by Gasteiger charge is 2.33. The van der Waals surface area contributed by atoms with E-state index in [4.69, 9.17) is 4.74 Å². The fourth-order valence-corrected chi connectivity index (χ4v) is 2.13. The van der Waals surface area contributed by atoms with E-state index in [2.05, 4.69) is 4.74 Å². The van der Waals surface area contributed by atoms with Crippen LogP contribution in [0, 0.1) is 0 Å². The molecule has 0 radical (unpaired) electrons. The lowest BCUT2D eigenvalue weighted by molar-refractivity contribution is -0.274. The summed E-state index contributed by atoms with van der Waals surface area (Å²) in [7, 11) is 0. The third-order valence-electron chi connectivity index (χ3n) is 2.82. The summed E-state index contributed by atoms with van der Waals surface area (Å²) in [5, 5.41) is 9.79. The van der Waals surface area contributed by atoms with Crippen molar-refractivity contribution in [3.63, 3.8) is 0 Å². The number of ether oxygens (including phenoxy) is 2. The standard InChI is InChI=1S/C14H15F3O3/c1-8(18)11-7-13(2,3)20-12-5-4-9(6-10(11)12)19-14(15,16)17/h4-8,18H,1-3H3. The molecule has 0 spiro atoms. The molecular weight excluding hydrogens is 273 g/mol. The lowest BCUT2D eigenvalue weighted by atomic mass is 9.92. The van der Waals surface area contributed by atoms with Crippen molar-refractivity contribution in [2.24, 2.45) is 0 Å². The number of benzene rings is 1. The molecule has 20 heavy (non-hydrogen) atoms. The highest BCUT2D eigenvalue weighted by atomic mass is 19.4. The Morgan fingerprint density at radius 1 is 1.30 bits per heavy atom. The highest BCUT2D eigenvalue weighted by molar-refractivity contribution is 5.76. The first kappa shape index (κ1) is 14.7. The molecule has 0 fully saturated rings. The Bertz CT molecular complexity index is 545. The second-order valence-electron chi connectivity index (χ2n) is 5.19. The average Bonchev–Trinajstić information content (AvgIpc) is 2.25. The van der Waals surface area contributed by atoms with Crippen LogP contribution in [0.4, 0.5) is 13.2 Å². The summed E-state index contributed by atoms with van der Waals surface area (Å²) in [6, 6.07) is 3.82. The van der Waals surface area contributed by atoms with Gasteiger partial charge in [-0.05, 0) is 50.6 Å². The molecule has 3 nitrogen and oxygen atoms in total. The fraction of sp³-hybridized carbons (Fsp3) is 0.429. The number of aliphatic hydroxyl groups excluding tert-OH is 1. The van der Waals surface area contributed by atoms with Crippen molar-refractivity contribution in [3.8, 4) is 11.5 Å². The summed E-state index contributed by atoms with van der Waals surface area (Å²) in [6.45, 7) is 5.16. The van der Waals surface area contributed by atoms with Gasteiger partial charge >= 0.3 is 6.36 Å². The Morgan fingerprint density at radius 3 is 2.50 bits per heavy atom. The van der Waals surface area contributed by atoms with Crippen molar-refractivity contribution in [2.75, 3.05) is 0 Å². The fourth-order valence-electron chi connectivity index (χ4n) is 2.13. The number of hydrogen-bond acceptors (Lipinski definition) is 3. The maximum Gasteiger partial charge on any atom is 0.573 e. The second-order valence-corrected chi connectivity index (χ2v) is 5.19. The number of hydrogen-bond donors (Lipinski definition) is 1. The Balaban J connectivity index is 2.45. The van der Waals surface area contributed by atoms with Gasteiger partial charge in [0.05, 0.1) is 6.10 Å². The molecule has 2 rings (SSSR count). The van der Waals surface area contributed by atoms with Gasteiger partial charge in [-0.25, -0.2) is 0 Å². The zero-order valence-corrected chi connectivity index (χ0v) is 11.3. The van der Waals surface area contributed by atoms with Gasteiger partial charge < -0.3 is 14.6 Å². The number of rotatable bonds is 2. The molecule has 1 aliphatic heterocycles. The zero-order chi connectivity index (χ0) is 15.1. The van der Waals surface area contributed by atoms with Gasteiger partial charge in [-0.3, -0.25) is 0 Å². The first-order chi connectivity index (χ1) is 9.07. The molecule has 1 aliphatic rings. The van der Waals surface area contributed by atoms with E-state index in [0.29, 0.717) is 16.9 Å². The van der Waals surface area contributed by atoms with E-state index in [1.165, 1.54) is 18.2 Å². The van der Waals surface area contributed by atoms with E-state index >= 15 is 0 Å². The minimum absolute atomic E-state index is 0.342. The van der Waals surface area contributed by atoms with Gasteiger partial charge in [0, 0.05) is 5.56 Å². The number of halogens is 3. The van der Waals surface area contributed by atoms with Crippen LogP contribution in [0.5, 0.6) is 11.5 Å². The Labute approximate surface area is 114 Å². The SMILES string of the molecule is CC(O)C1=CC(C)(C)Oc2ccc(OC(F)(F)F)cc21. The Morgan fingerprint density at radius 2 is 1.95 bits per heavy atom. The van der Waals surface area contributed by atoms with E-state index in [9.17, 15) is 18.3 Å². The van der Waals surface area contributed by atoms with Crippen LogP contribution in [-0.4, -0.2) is 23.2 Å². The van der Waals surface area contributed by atoms with Crippen molar-refractivity contribution in [3.05, 3.63) is 29.8 Å². The molecule has 0 saturated heterocycles. The van der Waals surface area contributed by atoms with Gasteiger partial charge in [-0.2, -0.15) is 0 Å². The Hall–Kier alpha value is -1.69. The molecule has 0 aromatic heterocycles. The van der Waals surface area contributed by atoms with E-state index in [1.807, 2.05) is 0 Å².